The summed E-state index contributed by atoms with van der Waals surface area (Å²) in [4.78, 5) is 155. The topological polar surface area (TPSA) is 582 Å². The largest absolute Gasteiger partial charge is 0.508 e. The third-order valence-electron chi connectivity index (χ3n) is 21.4. The smallest absolute Gasteiger partial charge is 0.349 e. The van der Waals surface area contributed by atoms with Gasteiger partial charge < -0.3 is 128 Å². The number of rotatable bonds is 22. The second kappa shape index (κ2) is 39.6. The molecule has 0 radical (unpaired) electrons. The molecule has 668 valence electrons. The van der Waals surface area contributed by atoms with Crippen molar-refractivity contribution in [2.75, 3.05) is 32.1 Å². The van der Waals surface area contributed by atoms with E-state index >= 15 is 24.0 Å². The predicted molar refractivity (Wildman–Crippen MR) is 443 cm³/mol. The zero-order valence-electron chi connectivity index (χ0n) is 67.4. The van der Waals surface area contributed by atoms with Crippen molar-refractivity contribution < 1.29 is 122 Å². The number of nitrogens with one attached hydrogen (secondary N) is 10. The van der Waals surface area contributed by atoms with Gasteiger partial charge in [0.25, 0.3) is 5.91 Å². The molecule has 9 amide bonds. The number of phenols is 3. The molecule has 11 bridgehead atoms. The van der Waals surface area contributed by atoms with Crippen molar-refractivity contribution in [3.63, 3.8) is 0 Å². The van der Waals surface area contributed by atoms with Crippen LogP contribution in [0.5, 0.6) is 46.0 Å². The number of hydroxylamine groups is 1. The van der Waals surface area contributed by atoms with Crippen molar-refractivity contribution in [1.82, 2.24) is 57.6 Å². The van der Waals surface area contributed by atoms with Crippen LogP contribution in [0.3, 0.4) is 0 Å². The Morgan fingerprint density at radius 1 is 0.704 bits per heavy atom. The fourth-order valence-corrected chi connectivity index (χ4v) is 15.8. The maximum Gasteiger partial charge on any atom is 0.349 e. The number of likely N-dealkylation sites (N-methyl/N-ethyl adjacent to an activating group) is 1. The van der Waals surface area contributed by atoms with Gasteiger partial charge >= 0.3 is 5.69 Å². The standard InChI is InChI=1S/C82H91Cl4N13O26/c1-7-119-98-79(117)63-42-28-40(101)29-50(103)60(42)41-23-36(9-13-49(41)102)61-75(113)97-65(78(116)95-63)67(107)38-11-15-52(46(86)25-38)122-54-27-39-26-53(121-51-14-10-37(24-45(51)85)66(106)64(96-73(111)47(88-6)20-33(2)3)77(115)90-48(30-56(87)104)74(112)93-62(39)76(114)94-61)70(54)125-80-71(69(109)68(108)55(32-100)123-80)124-59-31-82(5,72(110)34(4)120-59)89-17-19-99-18-16-57(92-81(99)118)91-58(105)22-35-8-12-43(83)44(84)21-35/h8-16,18,21,23-29,33-34,47-48,55,59,61-69,71-72,80,88-89,100-103,106-110H,7,17,19-20,22,30-32H2,1-6H3,(H2,87,104)(H,90,115)(H,93,112)(H,94,114)(H,95,116)(H,96,111)(H,97,113)(H,98,117)(H,91,92,105,118). The number of aliphatic hydroxyl groups excluding tert-OH is 6. The van der Waals surface area contributed by atoms with Gasteiger partial charge in [-0.25, -0.2) is 10.3 Å². The van der Waals surface area contributed by atoms with E-state index < -0.39 is 254 Å². The molecule has 21 N–H and O–H groups in total. The Morgan fingerprint density at radius 2 is 1.36 bits per heavy atom. The van der Waals surface area contributed by atoms with E-state index in [1.165, 1.54) is 62.0 Å². The van der Waals surface area contributed by atoms with Crippen LogP contribution in [0.4, 0.5) is 5.82 Å². The first-order valence-electron chi connectivity index (χ1n) is 39.3. The van der Waals surface area contributed by atoms with Crippen LogP contribution in [0.2, 0.25) is 20.1 Å². The zero-order valence-corrected chi connectivity index (χ0v) is 70.4. The number of anilines is 1. The average Bonchev–Trinajstić information content (AvgIpc) is 0.767. The SMILES string of the molecule is CCONC(=O)C1NC(=O)C2NC(=O)C(NC(=O)C3NC(=O)C(CC(N)=O)NC(=O)C(NC(=O)C(CC(C)C)NC)C(O)c4ccc(c(Cl)c4)Oc4cc3cc(c4OC3OC(CO)C(O)C(O)C3OC3CC(C)(NCCn4ccc(NC(=O)Cc5ccc(Cl)c(Cl)c5)nc4=O)C(O)C(C)O3)Oc3ccc(cc3Cl)C2O)c2ccc(O)c(c2)-c2c(O)cc(O)cc21. The zero-order chi connectivity index (χ0) is 90.5. The number of halogens is 4. The number of ether oxygens (including phenoxy) is 6. The molecule has 7 aliphatic heterocycles. The summed E-state index contributed by atoms with van der Waals surface area (Å²) in [6.07, 6.45) is -18.3. The predicted octanol–water partition coefficient (Wildman–Crippen LogP) is 2.47. The fraction of sp³-hybridized carbons (Fsp3) is 0.402. The highest BCUT2D eigenvalue weighted by Gasteiger charge is 2.52. The molecule has 6 aromatic carbocycles. The Morgan fingerprint density at radius 3 is 1.99 bits per heavy atom. The van der Waals surface area contributed by atoms with Crippen LogP contribution in [0, 0.1) is 5.92 Å². The second-order valence-corrected chi connectivity index (χ2v) is 32.5. The lowest BCUT2D eigenvalue weighted by molar-refractivity contribution is -0.334. The van der Waals surface area contributed by atoms with Crippen LogP contribution in [-0.2, 0) is 75.2 Å². The molecule has 39 nitrogen and oxygen atoms in total. The summed E-state index contributed by atoms with van der Waals surface area (Å²) in [7, 11) is 1.47. The number of aromatic hydroxyl groups is 3. The minimum atomic E-state index is -2.39. The number of nitrogens with zero attached hydrogens (tertiary/aromatic N) is 2. The van der Waals surface area contributed by atoms with Gasteiger partial charge in [-0.15, -0.1) is 0 Å². The van der Waals surface area contributed by atoms with Crippen LogP contribution in [0.25, 0.3) is 11.1 Å². The molecule has 0 aliphatic carbocycles. The number of primary amides is 1. The van der Waals surface area contributed by atoms with Crippen molar-refractivity contribution in [2.24, 2.45) is 11.7 Å². The highest BCUT2D eigenvalue weighted by atomic mass is 35.5. The van der Waals surface area contributed by atoms with Gasteiger partial charge in [-0.3, -0.25) is 52.6 Å². The van der Waals surface area contributed by atoms with Crippen LogP contribution < -0.4 is 79.0 Å². The number of benzene rings is 6. The van der Waals surface area contributed by atoms with Crippen LogP contribution >= 0.6 is 46.4 Å². The molecule has 18 atom stereocenters. The molecule has 2 fully saturated rings. The van der Waals surface area contributed by atoms with E-state index in [1.54, 1.807) is 13.0 Å². The number of carbonyl (C=O) groups excluding carboxylic acids is 9. The Bertz CT molecular complexity index is 5370. The highest BCUT2D eigenvalue weighted by molar-refractivity contribution is 6.42. The van der Waals surface area contributed by atoms with Crippen LogP contribution in [0.15, 0.2) is 114 Å². The van der Waals surface area contributed by atoms with Crippen LogP contribution in [-0.4, -0.2) is 214 Å². The van der Waals surface area contributed by atoms with Crippen LogP contribution in [0.1, 0.15) is 118 Å². The van der Waals surface area contributed by atoms with E-state index in [9.17, 15) is 69.9 Å². The van der Waals surface area contributed by atoms with Gasteiger partial charge in [0.2, 0.25) is 59.3 Å². The minimum Gasteiger partial charge on any atom is -0.508 e. The number of aliphatic hydroxyl groups is 6. The summed E-state index contributed by atoms with van der Waals surface area (Å²) >= 11 is 26.5. The number of amides is 9. The van der Waals surface area contributed by atoms with Gasteiger partial charge in [0.1, 0.15) is 101 Å². The number of phenolic OH excluding ortho intramolecular Hbond substituents is 3. The van der Waals surface area contributed by atoms with E-state index in [-0.39, 0.29) is 78.2 Å². The summed E-state index contributed by atoms with van der Waals surface area (Å²) < 4.78 is 40.6. The molecule has 2 saturated heterocycles. The molecule has 8 heterocycles. The van der Waals surface area contributed by atoms with E-state index in [4.69, 9.17) is 85.4 Å². The third kappa shape index (κ3) is 21.2. The van der Waals surface area contributed by atoms with E-state index in [1.807, 2.05) is 13.8 Å². The summed E-state index contributed by atoms with van der Waals surface area (Å²) in [6, 6.07) is 5.66. The maximum atomic E-state index is 16.3. The Balaban J connectivity index is 0.998. The van der Waals surface area contributed by atoms with Gasteiger partial charge in [-0.05, 0) is 146 Å². The summed E-state index contributed by atoms with van der Waals surface area (Å²) in [6.45, 7) is 6.94. The molecule has 7 aromatic rings. The van der Waals surface area contributed by atoms with E-state index in [0.717, 1.165) is 66.7 Å². The molecule has 7 aliphatic rings. The van der Waals surface area contributed by atoms with Crippen molar-refractivity contribution in [1.29, 1.82) is 0 Å². The summed E-state index contributed by atoms with van der Waals surface area (Å²) in [5.74, 6) is -16.0. The molecule has 1 aromatic heterocycles. The number of hydrogen-bond acceptors (Lipinski definition) is 29. The second-order valence-electron chi connectivity index (χ2n) is 30.9. The number of fused-ring (bicyclic) bond motifs is 15. The van der Waals surface area contributed by atoms with Gasteiger partial charge in [-0.1, -0.05) is 84.5 Å². The van der Waals surface area contributed by atoms with Gasteiger partial charge in [0, 0.05) is 48.4 Å². The van der Waals surface area contributed by atoms with Gasteiger partial charge in [-0.2, -0.15) is 4.98 Å². The average molecular weight is 1820 g/mol. The molecule has 125 heavy (non-hydrogen) atoms. The quantitative estimate of drug-likeness (QED) is 0.0433. The molecule has 14 rings (SSSR count). The van der Waals surface area contributed by atoms with Crippen molar-refractivity contribution in [3.8, 4) is 57.1 Å². The minimum absolute atomic E-state index is 0.0396. The molecule has 0 spiro atoms. The first-order chi connectivity index (χ1) is 59.3. The van der Waals surface area contributed by atoms with Crippen molar-refractivity contribution in [3.05, 3.63) is 173 Å². The lowest BCUT2D eigenvalue weighted by Gasteiger charge is -2.48. The maximum absolute atomic E-state index is 16.3. The van der Waals surface area contributed by atoms with Gasteiger partial charge in [0.15, 0.2) is 23.9 Å². The lowest BCUT2D eigenvalue weighted by Crippen LogP contribution is -2.65. The number of nitrogens with two attached hydrogens (primary N) is 1. The lowest BCUT2D eigenvalue weighted by atomic mass is 9.85. The number of aromatic nitrogens is 2. The van der Waals surface area contributed by atoms with E-state index in [0.29, 0.717) is 10.6 Å². The van der Waals surface area contributed by atoms with Gasteiger partial charge in [0.05, 0.1) is 64.4 Å². The number of carbonyl (C=O) groups is 9. The fourth-order valence-electron chi connectivity index (χ4n) is 15.0. The van der Waals surface area contributed by atoms with Crippen molar-refractivity contribution >= 4 is 105 Å². The molecular formula is C82H91Cl4N13O26. The Labute approximate surface area is 731 Å². The monoisotopic (exact) mass is 1810 g/mol. The Kier molecular flexibility index (Phi) is 29.5. The Hall–Kier alpha value is -11.1. The molecular weight excluding hydrogens is 1720 g/mol. The highest BCUT2D eigenvalue weighted by Crippen LogP contribution is 2.50. The normalized spacial score (nSPS) is 25.9. The third-order valence-corrected chi connectivity index (χ3v) is 22.8. The molecule has 0 saturated carbocycles. The van der Waals surface area contributed by atoms with Crippen molar-refractivity contribution in [2.45, 2.75) is 176 Å². The molecule has 43 heteroatoms. The van der Waals surface area contributed by atoms with E-state index in [2.05, 4.69) is 58.3 Å². The number of hydrogen-bond donors (Lipinski definition) is 20. The summed E-state index contributed by atoms with van der Waals surface area (Å²) in [5.41, 5.74) is 3.66. The first-order valence-corrected chi connectivity index (χ1v) is 40.8. The molecule has 18 unspecified atom stereocenters. The first kappa shape index (κ1) is 93.1. The summed E-state index contributed by atoms with van der Waals surface area (Å²) in [5, 5.41) is 130.